The molecule has 0 aliphatic rings. The van der Waals surface area contributed by atoms with Crippen LogP contribution in [0.25, 0.3) is 0 Å². The number of rotatable bonds is 6. The van der Waals surface area contributed by atoms with E-state index in [9.17, 15) is 0 Å². The molecule has 1 heterocycles. The minimum absolute atomic E-state index is 0.119. The molecule has 0 amide bonds. The number of benzene rings is 1. The maximum absolute atomic E-state index is 6.14. The molecule has 0 spiro atoms. The van der Waals surface area contributed by atoms with E-state index >= 15 is 0 Å². The van der Waals surface area contributed by atoms with Crippen LogP contribution in [0.5, 0.6) is 11.5 Å². The van der Waals surface area contributed by atoms with Gasteiger partial charge in [0, 0.05) is 20.8 Å². The Morgan fingerprint density at radius 1 is 1.29 bits per heavy atom. The van der Waals surface area contributed by atoms with Gasteiger partial charge in [0.05, 0.1) is 7.11 Å². The van der Waals surface area contributed by atoms with E-state index in [4.69, 9.17) is 15.2 Å². The van der Waals surface area contributed by atoms with E-state index in [-0.39, 0.29) is 12.1 Å². The number of halogens is 1. The summed E-state index contributed by atoms with van der Waals surface area (Å²) >= 11 is 5.11. The molecule has 21 heavy (non-hydrogen) atoms. The third-order valence-corrected chi connectivity index (χ3v) is 4.99. The van der Waals surface area contributed by atoms with Crippen molar-refractivity contribution in [2.75, 3.05) is 7.11 Å². The average Bonchev–Trinajstić information content (AvgIpc) is 2.90. The molecule has 0 saturated heterocycles. The Kier molecular flexibility index (Phi) is 5.67. The van der Waals surface area contributed by atoms with Gasteiger partial charge in [-0.1, -0.05) is 13.0 Å². The molecule has 2 aromatic rings. The maximum atomic E-state index is 6.14. The van der Waals surface area contributed by atoms with Gasteiger partial charge < -0.3 is 15.2 Å². The van der Waals surface area contributed by atoms with Crippen LogP contribution in [0.2, 0.25) is 0 Å². The standard InChI is InChI=1S/C16H20BrNO2S/c1-4-11-5-6-13(14(7-11)19-3)20-16(10(2)18)15-8-12(17)9-21-15/h5-10,16H,4,18H2,1-3H3. The summed E-state index contributed by atoms with van der Waals surface area (Å²) in [7, 11) is 1.66. The van der Waals surface area contributed by atoms with E-state index in [1.165, 1.54) is 5.56 Å². The quantitative estimate of drug-likeness (QED) is 0.812. The number of ether oxygens (including phenoxy) is 2. The van der Waals surface area contributed by atoms with Crippen LogP contribution >= 0.6 is 27.3 Å². The summed E-state index contributed by atoms with van der Waals surface area (Å²) in [5.41, 5.74) is 7.32. The Morgan fingerprint density at radius 2 is 2.05 bits per heavy atom. The van der Waals surface area contributed by atoms with E-state index in [1.54, 1.807) is 18.4 Å². The van der Waals surface area contributed by atoms with Crippen LogP contribution < -0.4 is 15.2 Å². The summed E-state index contributed by atoms with van der Waals surface area (Å²) in [6.07, 6.45) is 0.772. The van der Waals surface area contributed by atoms with Gasteiger partial charge in [0.15, 0.2) is 11.5 Å². The number of methoxy groups -OCH3 is 1. The number of nitrogens with two attached hydrogens (primary N) is 1. The van der Waals surface area contributed by atoms with E-state index < -0.39 is 0 Å². The van der Waals surface area contributed by atoms with Gasteiger partial charge in [-0.3, -0.25) is 0 Å². The van der Waals surface area contributed by atoms with Crippen LogP contribution in [-0.4, -0.2) is 13.2 Å². The molecule has 5 heteroatoms. The summed E-state index contributed by atoms with van der Waals surface area (Å²) in [5, 5.41) is 2.03. The van der Waals surface area contributed by atoms with Crippen molar-refractivity contribution in [2.45, 2.75) is 32.4 Å². The van der Waals surface area contributed by atoms with Gasteiger partial charge in [-0.05, 0) is 53.0 Å². The van der Waals surface area contributed by atoms with Gasteiger partial charge in [-0.25, -0.2) is 0 Å². The van der Waals surface area contributed by atoms with E-state index in [0.717, 1.165) is 27.3 Å². The highest BCUT2D eigenvalue weighted by atomic mass is 79.9. The van der Waals surface area contributed by atoms with Crippen molar-refractivity contribution in [2.24, 2.45) is 5.73 Å². The summed E-state index contributed by atoms with van der Waals surface area (Å²) in [4.78, 5) is 1.10. The van der Waals surface area contributed by atoms with Crippen molar-refractivity contribution in [1.29, 1.82) is 0 Å². The number of aryl methyl sites for hydroxylation is 1. The normalized spacial score (nSPS) is 13.8. The molecule has 0 bridgehead atoms. The van der Waals surface area contributed by atoms with Gasteiger partial charge in [0.1, 0.15) is 6.10 Å². The van der Waals surface area contributed by atoms with Gasteiger partial charge in [-0.2, -0.15) is 0 Å². The van der Waals surface area contributed by atoms with E-state index in [2.05, 4.69) is 28.9 Å². The topological polar surface area (TPSA) is 44.5 Å². The Hall–Kier alpha value is -1.04. The Labute approximate surface area is 138 Å². The minimum atomic E-state index is -0.192. The number of hydrogen-bond acceptors (Lipinski definition) is 4. The molecular weight excluding hydrogens is 350 g/mol. The molecule has 114 valence electrons. The lowest BCUT2D eigenvalue weighted by Gasteiger charge is -2.23. The molecule has 0 aliphatic carbocycles. The first kappa shape index (κ1) is 16.3. The second-order valence-corrected chi connectivity index (χ2v) is 6.76. The lowest BCUT2D eigenvalue weighted by atomic mass is 10.1. The summed E-state index contributed by atoms with van der Waals surface area (Å²) < 4.78 is 12.6. The minimum Gasteiger partial charge on any atom is -0.493 e. The monoisotopic (exact) mass is 369 g/mol. The Bertz CT molecular complexity index is 598. The maximum Gasteiger partial charge on any atom is 0.162 e. The zero-order valence-electron chi connectivity index (χ0n) is 12.4. The van der Waals surface area contributed by atoms with E-state index in [1.807, 2.05) is 30.5 Å². The average molecular weight is 370 g/mol. The third-order valence-electron chi connectivity index (χ3n) is 3.24. The zero-order valence-corrected chi connectivity index (χ0v) is 14.8. The first-order valence-corrected chi connectivity index (χ1v) is 8.55. The zero-order chi connectivity index (χ0) is 15.4. The largest absolute Gasteiger partial charge is 0.493 e. The van der Waals surface area contributed by atoms with Crippen molar-refractivity contribution < 1.29 is 9.47 Å². The fourth-order valence-electron chi connectivity index (χ4n) is 2.07. The molecule has 2 unspecified atom stereocenters. The highest BCUT2D eigenvalue weighted by Crippen LogP contribution is 2.35. The van der Waals surface area contributed by atoms with Crippen molar-refractivity contribution in [1.82, 2.24) is 0 Å². The van der Waals surface area contributed by atoms with Crippen LogP contribution in [0.3, 0.4) is 0 Å². The predicted octanol–water partition coefficient (Wildman–Crippen LogP) is 4.55. The molecular formula is C16H20BrNO2S. The van der Waals surface area contributed by atoms with Crippen molar-refractivity contribution in [3.63, 3.8) is 0 Å². The molecule has 1 aromatic carbocycles. The van der Waals surface area contributed by atoms with Crippen LogP contribution in [0.1, 0.15) is 30.4 Å². The first-order valence-electron chi connectivity index (χ1n) is 6.88. The highest BCUT2D eigenvalue weighted by molar-refractivity contribution is 9.10. The molecule has 0 aliphatic heterocycles. The second-order valence-electron chi connectivity index (χ2n) is 4.90. The SMILES string of the molecule is CCc1ccc(OC(c2cc(Br)cs2)C(C)N)c(OC)c1. The van der Waals surface area contributed by atoms with Gasteiger partial charge in [-0.15, -0.1) is 11.3 Å². The van der Waals surface area contributed by atoms with Gasteiger partial charge in [0.25, 0.3) is 0 Å². The Balaban J connectivity index is 2.29. The summed E-state index contributed by atoms with van der Waals surface area (Å²) in [6, 6.07) is 7.95. The predicted molar refractivity (Wildman–Crippen MR) is 91.4 cm³/mol. The van der Waals surface area contributed by atoms with Crippen molar-refractivity contribution in [3.8, 4) is 11.5 Å². The molecule has 2 rings (SSSR count). The van der Waals surface area contributed by atoms with E-state index in [0.29, 0.717) is 0 Å². The lowest BCUT2D eigenvalue weighted by molar-refractivity contribution is 0.176. The lowest BCUT2D eigenvalue weighted by Crippen LogP contribution is -2.28. The Morgan fingerprint density at radius 3 is 2.57 bits per heavy atom. The highest BCUT2D eigenvalue weighted by Gasteiger charge is 2.21. The second kappa shape index (κ2) is 7.29. The number of hydrogen-bond donors (Lipinski definition) is 1. The van der Waals surface area contributed by atoms with Crippen LogP contribution in [0.15, 0.2) is 34.1 Å². The summed E-state index contributed by atoms with van der Waals surface area (Å²) in [6.45, 7) is 4.06. The van der Waals surface area contributed by atoms with Crippen LogP contribution in [-0.2, 0) is 6.42 Å². The molecule has 1 aromatic heterocycles. The smallest absolute Gasteiger partial charge is 0.162 e. The first-order chi connectivity index (χ1) is 10.0. The summed E-state index contributed by atoms with van der Waals surface area (Å²) in [5.74, 6) is 1.47. The molecule has 2 atom stereocenters. The van der Waals surface area contributed by atoms with Gasteiger partial charge >= 0.3 is 0 Å². The fraction of sp³-hybridized carbons (Fsp3) is 0.375. The van der Waals surface area contributed by atoms with Crippen LogP contribution in [0, 0.1) is 0 Å². The molecule has 0 saturated carbocycles. The molecule has 0 fully saturated rings. The van der Waals surface area contributed by atoms with Crippen LogP contribution in [0.4, 0.5) is 0 Å². The molecule has 3 nitrogen and oxygen atoms in total. The molecule has 0 radical (unpaired) electrons. The van der Waals surface area contributed by atoms with Crippen molar-refractivity contribution >= 4 is 27.3 Å². The van der Waals surface area contributed by atoms with Gasteiger partial charge in [0.2, 0.25) is 0 Å². The fourth-order valence-corrected chi connectivity index (χ4v) is 3.66. The third kappa shape index (κ3) is 3.99. The molecule has 2 N–H and O–H groups in total. The number of thiophene rings is 1. The van der Waals surface area contributed by atoms with Crippen molar-refractivity contribution in [3.05, 3.63) is 44.6 Å².